The lowest BCUT2D eigenvalue weighted by molar-refractivity contribution is -0.131. The Morgan fingerprint density at radius 3 is 2.58 bits per heavy atom. The number of piperidine rings is 1. The summed E-state index contributed by atoms with van der Waals surface area (Å²) in [4.78, 5) is 16.9. The molecular formula is C20H29FN2O. The van der Waals surface area contributed by atoms with Crippen LogP contribution in [0.25, 0.3) is 0 Å². The highest BCUT2D eigenvalue weighted by Gasteiger charge is 2.28. The molecule has 0 N–H and O–H groups in total. The summed E-state index contributed by atoms with van der Waals surface area (Å²) in [5, 5.41) is 0. The summed E-state index contributed by atoms with van der Waals surface area (Å²) in [6.07, 6.45) is 4.90. The molecule has 0 aliphatic carbocycles. The molecular weight excluding hydrogens is 303 g/mol. The third-order valence-electron chi connectivity index (χ3n) is 5.70. The van der Waals surface area contributed by atoms with Crippen molar-refractivity contribution in [2.75, 3.05) is 33.2 Å². The minimum Gasteiger partial charge on any atom is -0.342 e. The summed E-state index contributed by atoms with van der Waals surface area (Å²) in [5.41, 5.74) is 1.74. The third-order valence-corrected chi connectivity index (χ3v) is 5.70. The summed E-state index contributed by atoms with van der Waals surface area (Å²) in [6, 6.07) is 5.52. The molecule has 3 nitrogen and oxygen atoms in total. The van der Waals surface area contributed by atoms with E-state index in [0.717, 1.165) is 57.4 Å². The van der Waals surface area contributed by atoms with Crippen LogP contribution in [0.15, 0.2) is 18.2 Å². The maximum absolute atomic E-state index is 13.7. The van der Waals surface area contributed by atoms with E-state index in [2.05, 4.69) is 11.9 Å². The molecule has 2 saturated heterocycles. The molecule has 24 heavy (non-hydrogen) atoms. The van der Waals surface area contributed by atoms with Gasteiger partial charge < -0.3 is 9.80 Å². The number of hydrogen-bond acceptors (Lipinski definition) is 2. The summed E-state index contributed by atoms with van der Waals surface area (Å²) in [6.45, 7) is 5.71. The van der Waals surface area contributed by atoms with Crippen molar-refractivity contribution in [2.45, 2.75) is 39.0 Å². The van der Waals surface area contributed by atoms with Gasteiger partial charge in [-0.15, -0.1) is 0 Å². The molecule has 0 radical (unpaired) electrons. The maximum atomic E-state index is 13.7. The Kier molecular flexibility index (Phi) is 5.54. The Morgan fingerprint density at radius 2 is 1.88 bits per heavy atom. The van der Waals surface area contributed by atoms with E-state index in [0.29, 0.717) is 29.7 Å². The number of hydrogen-bond donors (Lipinski definition) is 0. The molecule has 0 spiro atoms. The fourth-order valence-electron chi connectivity index (χ4n) is 3.96. The van der Waals surface area contributed by atoms with Gasteiger partial charge in [0.05, 0.1) is 0 Å². The average molecular weight is 332 g/mol. The Labute approximate surface area is 144 Å². The van der Waals surface area contributed by atoms with Crippen LogP contribution in [0.3, 0.4) is 0 Å². The molecule has 1 amide bonds. The summed E-state index contributed by atoms with van der Waals surface area (Å²) < 4.78 is 13.7. The minimum atomic E-state index is -0.124. The number of aryl methyl sites for hydroxylation is 1. The van der Waals surface area contributed by atoms with E-state index in [1.165, 1.54) is 0 Å². The molecule has 0 saturated carbocycles. The van der Waals surface area contributed by atoms with Gasteiger partial charge in [-0.1, -0.05) is 12.1 Å². The Balaban J connectivity index is 1.47. The Bertz CT molecular complexity index is 581. The highest BCUT2D eigenvalue weighted by molar-refractivity contribution is 5.76. The van der Waals surface area contributed by atoms with Crippen LogP contribution in [0.2, 0.25) is 0 Å². The fraction of sp³-hybridized carbons (Fsp3) is 0.650. The van der Waals surface area contributed by atoms with Crippen molar-refractivity contribution >= 4 is 5.91 Å². The molecule has 0 aromatic heterocycles. The lowest BCUT2D eigenvalue weighted by atomic mass is 9.93. The van der Waals surface area contributed by atoms with E-state index < -0.39 is 0 Å². The van der Waals surface area contributed by atoms with Crippen molar-refractivity contribution in [3.05, 3.63) is 35.1 Å². The number of amides is 1. The van der Waals surface area contributed by atoms with Crippen LogP contribution in [-0.2, 0) is 11.2 Å². The van der Waals surface area contributed by atoms with Gasteiger partial charge in [0.2, 0.25) is 5.91 Å². The van der Waals surface area contributed by atoms with Gasteiger partial charge in [-0.25, -0.2) is 4.39 Å². The highest BCUT2D eigenvalue weighted by Crippen LogP contribution is 2.25. The first-order chi connectivity index (χ1) is 11.5. The van der Waals surface area contributed by atoms with E-state index in [-0.39, 0.29) is 5.82 Å². The first-order valence-corrected chi connectivity index (χ1v) is 9.22. The fourth-order valence-corrected chi connectivity index (χ4v) is 3.96. The van der Waals surface area contributed by atoms with Crippen molar-refractivity contribution in [1.29, 1.82) is 0 Å². The number of carbonyl (C=O) groups excluding carboxylic acids is 1. The molecule has 1 unspecified atom stereocenters. The van der Waals surface area contributed by atoms with Crippen molar-refractivity contribution in [1.82, 2.24) is 9.80 Å². The van der Waals surface area contributed by atoms with Crippen LogP contribution in [0.4, 0.5) is 4.39 Å². The largest absolute Gasteiger partial charge is 0.342 e. The topological polar surface area (TPSA) is 23.6 Å². The van der Waals surface area contributed by atoms with E-state index in [1.54, 1.807) is 13.0 Å². The van der Waals surface area contributed by atoms with Crippen molar-refractivity contribution in [2.24, 2.45) is 11.8 Å². The van der Waals surface area contributed by atoms with E-state index >= 15 is 0 Å². The van der Waals surface area contributed by atoms with Gasteiger partial charge in [0.25, 0.3) is 0 Å². The predicted octanol–water partition coefficient (Wildman–Crippen LogP) is 3.26. The molecule has 2 aliphatic rings. The number of benzene rings is 1. The highest BCUT2D eigenvalue weighted by atomic mass is 19.1. The molecule has 132 valence electrons. The van der Waals surface area contributed by atoms with Crippen LogP contribution in [0.5, 0.6) is 0 Å². The van der Waals surface area contributed by atoms with Gasteiger partial charge in [0.1, 0.15) is 5.82 Å². The first-order valence-electron chi connectivity index (χ1n) is 9.22. The first kappa shape index (κ1) is 17.4. The summed E-state index contributed by atoms with van der Waals surface area (Å²) >= 11 is 0. The Hall–Kier alpha value is -1.42. The maximum Gasteiger partial charge on any atom is 0.222 e. The number of likely N-dealkylation sites (tertiary alicyclic amines) is 2. The number of nitrogens with zero attached hydrogens (tertiary/aromatic N) is 2. The molecule has 2 aliphatic heterocycles. The van der Waals surface area contributed by atoms with E-state index in [1.807, 2.05) is 17.0 Å². The van der Waals surface area contributed by atoms with Crippen LogP contribution in [-0.4, -0.2) is 48.9 Å². The quantitative estimate of drug-likeness (QED) is 0.845. The van der Waals surface area contributed by atoms with E-state index in [9.17, 15) is 9.18 Å². The lowest BCUT2D eigenvalue weighted by Gasteiger charge is -2.29. The molecule has 3 rings (SSSR count). The van der Waals surface area contributed by atoms with Gasteiger partial charge in [-0.2, -0.15) is 0 Å². The molecule has 2 fully saturated rings. The average Bonchev–Trinajstić information content (AvgIpc) is 3.02. The zero-order chi connectivity index (χ0) is 17.1. The molecule has 2 heterocycles. The molecule has 1 atom stereocenters. The number of rotatable bonds is 4. The second kappa shape index (κ2) is 7.64. The summed E-state index contributed by atoms with van der Waals surface area (Å²) in [7, 11) is 2.15. The predicted molar refractivity (Wildman–Crippen MR) is 94.4 cm³/mol. The van der Waals surface area contributed by atoms with Crippen molar-refractivity contribution < 1.29 is 9.18 Å². The van der Waals surface area contributed by atoms with Crippen molar-refractivity contribution in [3.63, 3.8) is 0 Å². The minimum absolute atomic E-state index is 0.124. The lowest BCUT2D eigenvalue weighted by Crippen LogP contribution is -2.35. The van der Waals surface area contributed by atoms with Crippen LogP contribution < -0.4 is 0 Å². The van der Waals surface area contributed by atoms with Crippen LogP contribution in [0, 0.1) is 24.6 Å². The monoisotopic (exact) mass is 332 g/mol. The van der Waals surface area contributed by atoms with Gasteiger partial charge >= 0.3 is 0 Å². The van der Waals surface area contributed by atoms with Crippen LogP contribution in [0.1, 0.15) is 36.8 Å². The van der Waals surface area contributed by atoms with E-state index in [4.69, 9.17) is 0 Å². The normalized spacial score (nSPS) is 23.0. The van der Waals surface area contributed by atoms with Gasteiger partial charge in [-0.3, -0.25) is 4.79 Å². The summed E-state index contributed by atoms with van der Waals surface area (Å²) in [5.74, 6) is 1.22. The SMILES string of the molecule is Cc1ccc(CC2CCN(C(=O)CC3CCN(C)CC3)C2)cc1F. The zero-order valence-corrected chi connectivity index (χ0v) is 14.9. The Morgan fingerprint density at radius 1 is 1.17 bits per heavy atom. The van der Waals surface area contributed by atoms with Gasteiger partial charge in [0.15, 0.2) is 0 Å². The van der Waals surface area contributed by atoms with Crippen molar-refractivity contribution in [3.8, 4) is 0 Å². The molecule has 1 aromatic carbocycles. The number of halogens is 1. The van der Waals surface area contributed by atoms with Gasteiger partial charge in [-0.05, 0) is 81.8 Å². The zero-order valence-electron chi connectivity index (χ0n) is 14.9. The smallest absolute Gasteiger partial charge is 0.222 e. The molecule has 0 bridgehead atoms. The standard InChI is InChI=1S/C20H29FN2O/c1-15-3-4-17(12-19(15)21)11-18-7-10-23(14-18)20(24)13-16-5-8-22(2)9-6-16/h3-4,12,16,18H,5-11,13-14H2,1-2H3. The number of carbonyl (C=O) groups is 1. The molecule has 1 aromatic rings. The second-order valence-corrected chi connectivity index (χ2v) is 7.73. The molecule has 4 heteroatoms. The van der Waals surface area contributed by atoms with Crippen LogP contribution >= 0.6 is 0 Å². The second-order valence-electron chi connectivity index (χ2n) is 7.73. The third kappa shape index (κ3) is 4.35. The van der Waals surface area contributed by atoms with Gasteiger partial charge in [0, 0.05) is 19.5 Å².